The van der Waals surface area contributed by atoms with E-state index in [0.717, 1.165) is 49.1 Å². The molecule has 0 spiro atoms. The largest absolute Gasteiger partial charge is 0.497 e. The fraction of sp³-hybridized carbons (Fsp3) is 0.297. The van der Waals surface area contributed by atoms with E-state index < -0.39 is 16.1 Å². The summed E-state index contributed by atoms with van der Waals surface area (Å²) in [6.07, 6.45) is 7.98. The van der Waals surface area contributed by atoms with E-state index in [1.165, 1.54) is 0 Å². The molecule has 0 unspecified atom stereocenters. The summed E-state index contributed by atoms with van der Waals surface area (Å²) in [6, 6.07) is 19.5. The molecule has 53 heavy (non-hydrogen) atoms. The summed E-state index contributed by atoms with van der Waals surface area (Å²) in [7, 11) is 0.421. The van der Waals surface area contributed by atoms with Gasteiger partial charge in [-0.25, -0.2) is 24.5 Å². The van der Waals surface area contributed by atoms with Crippen molar-refractivity contribution < 1.29 is 23.7 Å². The fourth-order valence-electron chi connectivity index (χ4n) is 5.27. The summed E-state index contributed by atoms with van der Waals surface area (Å²) in [4.78, 5) is 24.4. The Morgan fingerprint density at radius 3 is 2.43 bits per heavy atom. The SMILES string of the molecule is COc1cc(Nc2nccc(Oc3ccc(NC(=O)Nc4cc(S(C)(C)C)nn4-c4ccc(C)cc4)c(Cl)c3Cl)n2)cc(OCCN2CCOCC2)c1. The maximum Gasteiger partial charge on any atom is 0.324 e. The molecule has 1 saturated heterocycles. The number of amides is 2. The lowest BCUT2D eigenvalue weighted by atomic mass is 10.2. The molecule has 0 bridgehead atoms. The number of aromatic nitrogens is 4. The molecule has 2 amide bonds. The van der Waals surface area contributed by atoms with Crippen LogP contribution in [0.4, 0.5) is 27.9 Å². The highest BCUT2D eigenvalue weighted by molar-refractivity contribution is 8.32. The molecule has 1 aliphatic heterocycles. The second-order valence-electron chi connectivity index (χ2n) is 12.9. The number of carbonyl (C=O) groups is 1. The molecule has 13 nitrogen and oxygen atoms in total. The highest BCUT2D eigenvalue weighted by Crippen LogP contribution is 2.45. The van der Waals surface area contributed by atoms with Crippen LogP contribution < -0.4 is 30.2 Å². The molecule has 0 radical (unpaired) electrons. The van der Waals surface area contributed by atoms with Crippen molar-refractivity contribution in [2.75, 3.05) is 81.3 Å². The average molecular weight is 782 g/mol. The molecule has 3 N–H and O–H groups in total. The van der Waals surface area contributed by atoms with E-state index in [1.54, 1.807) is 36.2 Å². The topological polar surface area (TPSA) is 137 Å². The van der Waals surface area contributed by atoms with Crippen LogP contribution in [0.15, 0.2) is 78.0 Å². The van der Waals surface area contributed by atoms with Gasteiger partial charge in [0.2, 0.25) is 11.8 Å². The number of nitrogens with one attached hydrogen (secondary N) is 3. The molecule has 280 valence electrons. The lowest BCUT2D eigenvalue weighted by Crippen LogP contribution is -2.38. The Hall–Kier alpha value is -4.73. The molecule has 1 fully saturated rings. The lowest BCUT2D eigenvalue weighted by Gasteiger charge is -2.26. The molecule has 0 aliphatic carbocycles. The van der Waals surface area contributed by atoms with Crippen molar-refractivity contribution in [3.8, 4) is 28.8 Å². The Morgan fingerprint density at radius 1 is 0.943 bits per heavy atom. The molecule has 3 heterocycles. The van der Waals surface area contributed by atoms with E-state index >= 15 is 0 Å². The van der Waals surface area contributed by atoms with Crippen molar-refractivity contribution in [1.82, 2.24) is 24.6 Å². The molecular weight excluding hydrogens is 739 g/mol. The highest BCUT2D eigenvalue weighted by atomic mass is 35.5. The van der Waals surface area contributed by atoms with Crippen LogP contribution >= 0.6 is 33.2 Å². The van der Waals surface area contributed by atoms with Gasteiger partial charge in [0, 0.05) is 61.9 Å². The molecule has 2 aromatic heterocycles. The van der Waals surface area contributed by atoms with Gasteiger partial charge in [-0.05, 0) is 50.0 Å². The third-order valence-corrected chi connectivity index (χ3v) is 10.4. The zero-order valence-electron chi connectivity index (χ0n) is 30.1. The second-order valence-corrected chi connectivity index (χ2v) is 17.8. The summed E-state index contributed by atoms with van der Waals surface area (Å²) in [6.45, 7) is 6.58. The van der Waals surface area contributed by atoms with Gasteiger partial charge in [-0.15, -0.1) is 0 Å². The third kappa shape index (κ3) is 10.0. The van der Waals surface area contributed by atoms with E-state index in [0.29, 0.717) is 29.6 Å². The van der Waals surface area contributed by atoms with Crippen molar-refractivity contribution in [3.63, 3.8) is 0 Å². The number of morpholine rings is 1. The van der Waals surface area contributed by atoms with Crippen LogP contribution in [0.25, 0.3) is 5.69 Å². The molecule has 1 aliphatic rings. The fourth-order valence-corrected chi connectivity index (χ4v) is 6.47. The van der Waals surface area contributed by atoms with Gasteiger partial charge < -0.3 is 29.6 Å². The van der Waals surface area contributed by atoms with E-state index in [9.17, 15) is 4.79 Å². The van der Waals surface area contributed by atoms with E-state index in [1.807, 2.05) is 55.5 Å². The first kappa shape index (κ1) is 38.0. The van der Waals surface area contributed by atoms with E-state index in [-0.39, 0.29) is 33.3 Å². The normalized spacial score (nSPS) is 13.6. The third-order valence-electron chi connectivity index (χ3n) is 8.13. The van der Waals surface area contributed by atoms with Crippen molar-refractivity contribution in [1.29, 1.82) is 0 Å². The molecule has 0 atom stereocenters. The number of urea groups is 1. The van der Waals surface area contributed by atoms with Gasteiger partial charge in [0.1, 0.15) is 39.7 Å². The molecule has 3 aromatic carbocycles. The number of rotatable bonds is 13. The number of anilines is 4. The molecule has 0 saturated carbocycles. The summed E-state index contributed by atoms with van der Waals surface area (Å²) in [5.41, 5.74) is 2.89. The van der Waals surface area contributed by atoms with Crippen molar-refractivity contribution in [2.45, 2.75) is 11.9 Å². The Morgan fingerprint density at radius 2 is 1.70 bits per heavy atom. The lowest BCUT2D eigenvalue weighted by molar-refractivity contribution is 0.0322. The summed E-state index contributed by atoms with van der Waals surface area (Å²) in [5, 5.41) is 14.8. The number of ether oxygens (including phenoxy) is 4. The molecule has 6 rings (SSSR count). The summed E-state index contributed by atoms with van der Waals surface area (Å²) < 4.78 is 24.7. The van der Waals surface area contributed by atoms with Crippen LogP contribution in [-0.2, 0) is 4.74 Å². The Kier molecular flexibility index (Phi) is 12.2. The quantitative estimate of drug-likeness (QED) is 0.107. The number of benzene rings is 3. The number of methoxy groups -OCH3 is 1. The minimum Gasteiger partial charge on any atom is -0.497 e. The predicted molar refractivity (Wildman–Crippen MR) is 212 cm³/mol. The Bertz CT molecular complexity index is 2050. The van der Waals surface area contributed by atoms with Crippen LogP contribution in [-0.4, -0.2) is 96.0 Å². The molecular formula is C37H42Cl2N8O5S. The van der Waals surface area contributed by atoms with E-state index in [4.69, 9.17) is 47.2 Å². The number of nitrogens with zero attached hydrogens (tertiary/aromatic N) is 5. The number of carbonyl (C=O) groups excluding carboxylic acids is 1. The van der Waals surface area contributed by atoms with Gasteiger partial charge in [0.15, 0.2) is 0 Å². The monoisotopic (exact) mass is 780 g/mol. The highest BCUT2D eigenvalue weighted by Gasteiger charge is 2.20. The number of halogens is 2. The molecule has 5 aromatic rings. The van der Waals surface area contributed by atoms with Crippen LogP contribution in [0, 0.1) is 6.92 Å². The van der Waals surface area contributed by atoms with Gasteiger partial charge in [-0.3, -0.25) is 10.2 Å². The van der Waals surface area contributed by atoms with Gasteiger partial charge in [-0.1, -0.05) is 40.9 Å². The second kappa shape index (κ2) is 16.9. The predicted octanol–water partition coefficient (Wildman–Crippen LogP) is 8.23. The number of hydrogen-bond donors (Lipinski definition) is 3. The number of hydrogen-bond acceptors (Lipinski definition) is 10. The van der Waals surface area contributed by atoms with Crippen LogP contribution in [0.2, 0.25) is 10.0 Å². The first-order valence-electron chi connectivity index (χ1n) is 16.8. The minimum absolute atomic E-state index is 0.0903. The standard InChI is InChI=1S/C37H42Cl2N8O5S/c1-24-6-8-26(9-7-24)47-31(23-33(45-47)53(3,4)5)43-37(48)42-29-10-11-30(35(39)34(29)38)52-32-12-13-40-36(44-32)41-25-20-27(49-2)22-28(21-25)51-19-16-46-14-17-50-18-15-46/h6-13,20-23H,14-19H2,1-5H3,(H,40,41,44)(H2,42,43,48). The van der Waals surface area contributed by atoms with Gasteiger partial charge >= 0.3 is 6.03 Å². The van der Waals surface area contributed by atoms with Gasteiger partial charge in [0.25, 0.3) is 0 Å². The first-order chi connectivity index (χ1) is 25.4. The Balaban J connectivity index is 1.11. The zero-order chi connectivity index (χ0) is 37.5. The van der Waals surface area contributed by atoms with Crippen LogP contribution in [0.3, 0.4) is 0 Å². The molecule has 16 heteroatoms. The maximum atomic E-state index is 13.2. The van der Waals surface area contributed by atoms with Gasteiger partial charge in [0.05, 0.1) is 36.7 Å². The smallest absolute Gasteiger partial charge is 0.324 e. The number of aryl methyl sites for hydroxylation is 1. The van der Waals surface area contributed by atoms with Crippen LogP contribution in [0.5, 0.6) is 23.1 Å². The van der Waals surface area contributed by atoms with Crippen molar-refractivity contribution >= 4 is 62.4 Å². The maximum absolute atomic E-state index is 13.2. The minimum atomic E-state index is -1.17. The van der Waals surface area contributed by atoms with Crippen molar-refractivity contribution in [3.05, 3.63) is 88.5 Å². The van der Waals surface area contributed by atoms with Crippen molar-refractivity contribution in [2.24, 2.45) is 0 Å². The first-order valence-corrected chi connectivity index (χ1v) is 20.4. The van der Waals surface area contributed by atoms with E-state index in [2.05, 4.69) is 49.6 Å². The van der Waals surface area contributed by atoms with Crippen LogP contribution in [0.1, 0.15) is 5.56 Å². The average Bonchev–Trinajstić information content (AvgIpc) is 3.56. The summed E-state index contributed by atoms with van der Waals surface area (Å²) in [5.74, 6) is 2.49. The Labute approximate surface area is 320 Å². The summed E-state index contributed by atoms with van der Waals surface area (Å²) >= 11 is 13.3. The zero-order valence-corrected chi connectivity index (χ0v) is 32.4. The van der Waals surface area contributed by atoms with Gasteiger partial charge in [-0.2, -0.15) is 10.1 Å².